The summed E-state index contributed by atoms with van der Waals surface area (Å²) in [5.41, 5.74) is 3.37. The van der Waals surface area contributed by atoms with Gasteiger partial charge in [-0.1, -0.05) is 72.8 Å². The maximum absolute atomic E-state index is 12.7. The van der Waals surface area contributed by atoms with Crippen LogP contribution in [0, 0.1) is 6.92 Å². The van der Waals surface area contributed by atoms with E-state index in [1.807, 2.05) is 73.7 Å². The Kier molecular flexibility index (Phi) is 7.48. The van der Waals surface area contributed by atoms with Gasteiger partial charge in [0.1, 0.15) is 5.75 Å². The van der Waals surface area contributed by atoms with Gasteiger partial charge in [0.25, 0.3) is 15.9 Å². The highest BCUT2D eigenvalue weighted by Crippen LogP contribution is 2.22. The van der Waals surface area contributed by atoms with E-state index in [9.17, 15) is 13.2 Å². The van der Waals surface area contributed by atoms with E-state index in [4.69, 9.17) is 4.74 Å². The van der Waals surface area contributed by atoms with Crippen LogP contribution in [0.5, 0.6) is 5.75 Å². The summed E-state index contributed by atoms with van der Waals surface area (Å²) in [6, 6.07) is 32.2. The number of hydrogen-bond donors (Lipinski definition) is 2. The molecule has 0 aliphatic rings. The molecule has 0 atom stereocenters. The average molecular weight is 487 g/mol. The number of aryl methyl sites for hydroxylation is 1. The molecule has 0 aliphatic carbocycles. The van der Waals surface area contributed by atoms with Crippen LogP contribution in [0.25, 0.3) is 0 Å². The maximum Gasteiger partial charge on any atom is 0.261 e. The molecule has 4 aromatic carbocycles. The first-order valence-electron chi connectivity index (χ1n) is 11.1. The van der Waals surface area contributed by atoms with Crippen molar-refractivity contribution in [1.29, 1.82) is 0 Å². The number of anilines is 1. The predicted molar refractivity (Wildman–Crippen MR) is 137 cm³/mol. The molecule has 7 heteroatoms. The molecule has 0 aromatic heterocycles. The van der Waals surface area contributed by atoms with E-state index in [1.165, 1.54) is 24.3 Å². The van der Waals surface area contributed by atoms with Crippen LogP contribution in [0.4, 0.5) is 5.69 Å². The van der Waals surface area contributed by atoms with E-state index >= 15 is 0 Å². The molecular weight excluding hydrogens is 460 g/mol. The lowest BCUT2D eigenvalue weighted by Crippen LogP contribution is -2.33. The van der Waals surface area contributed by atoms with Gasteiger partial charge in [0.2, 0.25) is 0 Å². The monoisotopic (exact) mass is 486 g/mol. The Labute approximate surface area is 205 Å². The van der Waals surface area contributed by atoms with Gasteiger partial charge in [-0.2, -0.15) is 0 Å². The van der Waals surface area contributed by atoms with Gasteiger partial charge in [-0.05, 0) is 60.0 Å². The lowest BCUT2D eigenvalue weighted by atomic mass is 9.99. The maximum atomic E-state index is 12.7. The number of nitrogens with one attached hydrogen (secondary N) is 2. The van der Waals surface area contributed by atoms with Crippen molar-refractivity contribution in [3.05, 3.63) is 126 Å². The summed E-state index contributed by atoms with van der Waals surface area (Å²) in [4.78, 5) is 12.8. The Morgan fingerprint density at radius 2 is 1.40 bits per heavy atom. The third kappa shape index (κ3) is 6.49. The van der Waals surface area contributed by atoms with Crippen LogP contribution in [-0.2, 0) is 14.8 Å². The van der Waals surface area contributed by atoms with Gasteiger partial charge in [-0.15, -0.1) is 0 Å². The van der Waals surface area contributed by atoms with Gasteiger partial charge in [0, 0.05) is 5.69 Å². The lowest BCUT2D eigenvalue weighted by Gasteiger charge is -2.20. The second-order valence-electron chi connectivity index (χ2n) is 8.06. The molecule has 178 valence electrons. The van der Waals surface area contributed by atoms with Crippen LogP contribution in [0.3, 0.4) is 0 Å². The zero-order valence-corrected chi connectivity index (χ0v) is 20.0. The normalized spacial score (nSPS) is 11.1. The fourth-order valence-electron chi connectivity index (χ4n) is 3.64. The largest absolute Gasteiger partial charge is 0.484 e. The second kappa shape index (κ2) is 10.9. The highest BCUT2D eigenvalue weighted by atomic mass is 32.2. The third-order valence-electron chi connectivity index (χ3n) is 5.35. The van der Waals surface area contributed by atoms with Crippen molar-refractivity contribution in [2.75, 3.05) is 11.3 Å². The van der Waals surface area contributed by atoms with E-state index in [0.717, 1.165) is 16.7 Å². The van der Waals surface area contributed by atoms with Crippen molar-refractivity contribution in [3.8, 4) is 5.75 Å². The molecule has 1 amide bonds. The summed E-state index contributed by atoms with van der Waals surface area (Å²) in [6.07, 6.45) is 0. The molecule has 0 aliphatic heterocycles. The van der Waals surface area contributed by atoms with Crippen LogP contribution >= 0.6 is 0 Å². The SMILES string of the molecule is Cc1cccc(NS(=O)(=O)c2ccc(OCC(=O)NC(c3ccccc3)c3ccccc3)cc2)c1. The molecule has 0 spiro atoms. The molecule has 0 unspecified atom stereocenters. The Hall–Kier alpha value is -4.10. The highest BCUT2D eigenvalue weighted by Gasteiger charge is 2.18. The van der Waals surface area contributed by atoms with Gasteiger partial charge in [-0.3, -0.25) is 9.52 Å². The van der Waals surface area contributed by atoms with Crippen LogP contribution in [-0.4, -0.2) is 20.9 Å². The Morgan fingerprint density at radius 1 is 0.800 bits per heavy atom. The van der Waals surface area contributed by atoms with E-state index in [0.29, 0.717) is 11.4 Å². The zero-order valence-electron chi connectivity index (χ0n) is 19.2. The van der Waals surface area contributed by atoms with Crippen LogP contribution in [0.1, 0.15) is 22.7 Å². The zero-order chi connectivity index (χ0) is 24.7. The van der Waals surface area contributed by atoms with Crippen molar-refractivity contribution in [2.45, 2.75) is 17.9 Å². The van der Waals surface area contributed by atoms with Crippen molar-refractivity contribution in [3.63, 3.8) is 0 Å². The minimum absolute atomic E-state index is 0.101. The van der Waals surface area contributed by atoms with E-state index in [2.05, 4.69) is 10.0 Å². The molecule has 4 rings (SSSR count). The Bertz CT molecular complexity index is 1330. The quantitative estimate of drug-likeness (QED) is 0.346. The number of ether oxygens (including phenoxy) is 1. The fourth-order valence-corrected chi connectivity index (χ4v) is 4.69. The molecule has 35 heavy (non-hydrogen) atoms. The molecule has 2 N–H and O–H groups in total. The topological polar surface area (TPSA) is 84.5 Å². The van der Waals surface area contributed by atoms with Gasteiger partial charge in [0.15, 0.2) is 6.61 Å². The molecule has 0 saturated carbocycles. The number of carbonyl (C=O) groups excluding carboxylic acids is 1. The smallest absolute Gasteiger partial charge is 0.261 e. The predicted octanol–water partition coefficient (Wildman–Crippen LogP) is 5.08. The summed E-state index contributed by atoms with van der Waals surface area (Å²) in [6.45, 7) is 1.69. The molecule has 4 aromatic rings. The first-order valence-corrected chi connectivity index (χ1v) is 12.6. The van der Waals surface area contributed by atoms with Crippen LogP contribution in [0.2, 0.25) is 0 Å². The molecule has 6 nitrogen and oxygen atoms in total. The van der Waals surface area contributed by atoms with E-state index in [-0.39, 0.29) is 23.5 Å². The van der Waals surface area contributed by atoms with Gasteiger partial charge < -0.3 is 10.1 Å². The summed E-state index contributed by atoms with van der Waals surface area (Å²) in [5.74, 6) is 0.103. The second-order valence-corrected chi connectivity index (χ2v) is 9.74. The molecule has 0 heterocycles. The number of benzene rings is 4. The standard InChI is InChI=1S/C28H26N2O4S/c1-21-9-8-14-24(19-21)30-35(32,33)26-17-15-25(16-18-26)34-20-27(31)29-28(22-10-4-2-5-11-22)23-12-6-3-7-13-23/h2-19,28,30H,20H2,1H3,(H,29,31). The Morgan fingerprint density at radius 3 is 1.97 bits per heavy atom. The van der Waals surface area contributed by atoms with Crippen molar-refractivity contribution in [1.82, 2.24) is 5.32 Å². The Balaban J connectivity index is 1.39. The number of amides is 1. The highest BCUT2D eigenvalue weighted by molar-refractivity contribution is 7.92. The first-order chi connectivity index (χ1) is 16.9. The van der Waals surface area contributed by atoms with Gasteiger partial charge >= 0.3 is 0 Å². The summed E-state index contributed by atoms with van der Waals surface area (Å²) in [7, 11) is -3.74. The van der Waals surface area contributed by atoms with Crippen LogP contribution < -0.4 is 14.8 Å². The third-order valence-corrected chi connectivity index (χ3v) is 6.74. The van der Waals surface area contributed by atoms with Crippen molar-refractivity contribution in [2.24, 2.45) is 0 Å². The van der Waals surface area contributed by atoms with Crippen molar-refractivity contribution >= 4 is 21.6 Å². The molecule has 0 bridgehead atoms. The summed E-state index contributed by atoms with van der Waals surface area (Å²) >= 11 is 0. The van der Waals surface area contributed by atoms with Gasteiger partial charge in [0.05, 0.1) is 10.9 Å². The van der Waals surface area contributed by atoms with E-state index < -0.39 is 10.0 Å². The molecule has 0 radical (unpaired) electrons. The lowest BCUT2D eigenvalue weighted by molar-refractivity contribution is -0.123. The van der Waals surface area contributed by atoms with E-state index in [1.54, 1.807) is 18.2 Å². The summed E-state index contributed by atoms with van der Waals surface area (Å²) < 4.78 is 33.5. The number of rotatable bonds is 9. The number of carbonyl (C=O) groups is 1. The average Bonchev–Trinajstić information content (AvgIpc) is 2.87. The fraction of sp³-hybridized carbons (Fsp3) is 0.107. The summed E-state index contributed by atoms with van der Waals surface area (Å²) in [5, 5.41) is 3.02. The van der Waals surface area contributed by atoms with Gasteiger partial charge in [-0.25, -0.2) is 8.42 Å². The number of hydrogen-bond acceptors (Lipinski definition) is 4. The van der Waals surface area contributed by atoms with Crippen molar-refractivity contribution < 1.29 is 17.9 Å². The van der Waals surface area contributed by atoms with Crippen LogP contribution in [0.15, 0.2) is 114 Å². The molecule has 0 fully saturated rings. The molecule has 0 saturated heterocycles. The minimum Gasteiger partial charge on any atom is -0.484 e. The first kappa shape index (κ1) is 24.0. The minimum atomic E-state index is -3.74. The molecular formula is C28H26N2O4S. The number of sulfonamides is 1.